The first kappa shape index (κ1) is 12.9. The predicted octanol–water partition coefficient (Wildman–Crippen LogP) is 1.44. The van der Waals surface area contributed by atoms with Gasteiger partial charge in [0.15, 0.2) is 0 Å². The van der Waals surface area contributed by atoms with Crippen molar-refractivity contribution in [2.75, 3.05) is 0 Å². The maximum absolute atomic E-state index is 13.5. The topological polar surface area (TPSA) is 72.2 Å². The minimum Gasteiger partial charge on any atom is -0.478 e. The molecule has 0 aliphatic carbocycles. The minimum atomic E-state index is -1.32. The number of nitrogens with zero attached hydrogens (tertiary/aromatic N) is 2. The summed E-state index contributed by atoms with van der Waals surface area (Å²) in [4.78, 5) is 26.0. The lowest BCUT2D eigenvalue weighted by Gasteiger charge is -2.06. The van der Waals surface area contributed by atoms with E-state index in [1.165, 1.54) is 16.7 Å². The van der Waals surface area contributed by atoms with Crippen LogP contribution in [0, 0.1) is 12.7 Å². The summed E-state index contributed by atoms with van der Waals surface area (Å²) in [7, 11) is 0. The van der Waals surface area contributed by atoms with Gasteiger partial charge in [-0.05, 0) is 30.7 Å². The molecule has 0 fully saturated rings. The quantitative estimate of drug-likeness (QED) is 0.908. The maximum atomic E-state index is 13.5. The van der Waals surface area contributed by atoms with Crippen LogP contribution in [0.15, 0.2) is 35.3 Å². The van der Waals surface area contributed by atoms with E-state index in [1.807, 2.05) is 0 Å². The van der Waals surface area contributed by atoms with Crippen molar-refractivity contribution in [3.63, 3.8) is 0 Å². The van der Waals surface area contributed by atoms with Gasteiger partial charge in [0.05, 0.1) is 12.1 Å². The van der Waals surface area contributed by atoms with E-state index in [2.05, 4.69) is 4.98 Å². The normalized spacial score (nSPS) is 10.4. The molecule has 0 bridgehead atoms. The van der Waals surface area contributed by atoms with Crippen molar-refractivity contribution < 1.29 is 14.3 Å². The monoisotopic (exact) mass is 262 g/mol. The van der Waals surface area contributed by atoms with Crippen LogP contribution < -0.4 is 5.69 Å². The summed E-state index contributed by atoms with van der Waals surface area (Å²) in [6, 6.07) is 5.43. The lowest BCUT2D eigenvalue weighted by atomic mass is 10.1. The Kier molecular flexibility index (Phi) is 3.41. The molecule has 5 nitrogen and oxygen atoms in total. The predicted molar refractivity (Wildman–Crippen MR) is 65.7 cm³/mol. The van der Waals surface area contributed by atoms with Crippen molar-refractivity contribution in [3.8, 4) is 0 Å². The number of aromatic carboxylic acids is 1. The van der Waals surface area contributed by atoms with Crippen molar-refractivity contribution in [1.29, 1.82) is 0 Å². The smallest absolute Gasteiger partial charge is 0.348 e. The zero-order chi connectivity index (χ0) is 14.0. The van der Waals surface area contributed by atoms with Crippen LogP contribution in [0.3, 0.4) is 0 Å². The number of rotatable bonds is 3. The number of aromatic nitrogens is 2. The molecule has 2 rings (SSSR count). The Balaban J connectivity index is 2.31. The SMILES string of the molecule is Cc1ccn(Cc2ccc(C(=O)O)c(F)c2)c(=O)n1. The molecule has 0 atom stereocenters. The highest BCUT2D eigenvalue weighted by molar-refractivity contribution is 5.87. The molecule has 1 aromatic carbocycles. The number of hydrogen-bond donors (Lipinski definition) is 1. The number of halogens is 1. The fraction of sp³-hybridized carbons (Fsp3) is 0.154. The molecule has 6 heteroatoms. The van der Waals surface area contributed by atoms with Crippen LogP contribution in [-0.4, -0.2) is 20.6 Å². The highest BCUT2D eigenvalue weighted by Gasteiger charge is 2.10. The van der Waals surface area contributed by atoms with Gasteiger partial charge in [0, 0.05) is 11.9 Å². The Morgan fingerprint density at radius 1 is 1.42 bits per heavy atom. The van der Waals surface area contributed by atoms with Gasteiger partial charge in [-0.15, -0.1) is 0 Å². The summed E-state index contributed by atoms with van der Waals surface area (Å²) in [5, 5.41) is 8.72. The molecule has 0 saturated heterocycles. The largest absolute Gasteiger partial charge is 0.478 e. The number of carboxylic acid groups (broad SMARTS) is 1. The van der Waals surface area contributed by atoms with Crippen molar-refractivity contribution >= 4 is 5.97 Å². The van der Waals surface area contributed by atoms with Gasteiger partial charge < -0.3 is 5.11 Å². The van der Waals surface area contributed by atoms with Crippen LogP contribution in [-0.2, 0) is 6.54 Å². The van der Waals surface area contributed by atoms with Gasteiger partial charge in [-0.1, -0.05) is 6.07 Å². The molecule has 1 aromatic heterocycles. The summed E-state index contributed by atoms with van der Waals surface area (Å²) in [6.45, 7) is 1.84. The molecular formula is C13H11FN2O3. The van der Waals surface area contributed by atoms with Crippen molar-refractivity contribution in [2.45, 2.75) is 13.5 Å². The van der Waals surface area contributed by atoms with Crippen molar-refractivity contribution in [2.24, 2.45) is 0 Å². The zero-order valence-electron chi connectivity index (χ0n) is 10.1. The average molecular weight is 262 g/mol. The van der Waals surface area contributed by atoms with E-state index in [0.29, 0.717) is 11.3 Å². The third-order valence-corrected chi connectivity index (χ3v) is 2.63. The molecule has 19 heavy (non-hydrogen) atoms. The first-order chi connectivity index (χ1) is 8.97. The lowest BCUT2D eigenvalue weighted by Crippen LogP contribution is -2.23. The highest BCUT2D eigenvalue weighted by atomic mass is 19.1. The second-order valence-corrected chi connectivity index (χ2v) is 4.10. The molecule has 98 valence electrons. The van der Waals surface area contributed by atoms with E-state index in [0.717, 1.165) is 6.07 Å². The highest BCUT2D eigenvalue weighted by Crippen LogP contribution is 2.11. The van der Waals surface area contributed by atoms with Crippen LogP contribution in [0.2, 0.25) is 0 Å². The summed E-state index contributed by atoms with van der Waals surface area (Å²) in [5.41, 5.74) is 0.282. The standard InChI is InChI=1S/C13H11FN2O3/c1-8-4-5-16(13(19)15-8)7-9-2-3-10(12(17)18)11(14)6-9/h2-6H,7H2,1H3,(H,17,18). The molecule has 0 aliphatic heterocycles. The number of hydrogen-bond acceptors (Lipinski definition) is 3. The molecule has 0 radical (unpaired) electrons. The summed E-state index contributed by atoms with van der Waals surface area (Å²) in [6.07, 6.45) is 1.56. The Hall–Kier alpha value is -2.50. The Morgan fingerprint density at radius 2 is 2.16 bits per heavy atom. The summed E-state index contributed by atoms with van der Waals surface area (Å²) < 4.78 is 14.8. The van der Waals surface area contributed by atoms with Gasteiger partial charge >= 0.3 is 11.7 Å². The number of aryl methyl sites for hydroxylation is 1. The first-order valence-corrected chi connectivity index (χ1v) is 5.53. The van der Waals surface area contributed by atoms with E-state index < -0.39 is 23.0 Å². The van der Waals surface area contributed by atoms with Gasteiger partial charge in [0.1, 0.15) is 5.82 Å². The number of carboxylic acids is 1. The molecule has 0 amide bonds. The molecule has 0 saturated carbocycles. The third kappa shape index (κ3) is 2.85. The average Bonchev–Trinajstić information content (AvgIpc) is 2.32. The molecule has 1 N–H and O–H groups in total. The van der Waals surface area contributed by atoms with Crippen molar-refractivity contribution in [1.82, 2.24) is 9.55 Å². The van der Waals surface area contributed by atoms with E-state index in [-0.39, 0.29) is 6.54 Å². The Bertz CT molecular complexity index is 695. The van der Waals surface area contributed by atoms with Crippen LogP contribution in [0.4, 0.5) is 4.39 Å². The number of benzene rings is 1. The van der Waals surface area contributed by atoms with Crippen LogP contribution in [0.5, 0.6) is 0 Å². The van der Waals surface area contributed by atoms with Gasteiger partial charge in [0.25, 0.3) is 0 Å². The van der Waals surface area contributed by atoms with Gasteiger partial charge in [-0.3, -0.25) is 4.57 Å². The molecule has 0 aliphatic rings. The molecule has 1 heterocycles. The molecule has 0 spiro atoms. The number of carbonyl (C=O) groups is 1. The maximum Gasteiger partial charge on any atom is 0.348 e. The Labute approximate surface area is 108 Å². The summed E-state index contributed by atoms with van der Waals surface area (Å²) in [5.74, 6) is -2.14. The van der Waals surface area contributed by atoms with Gasteiger partial charge in [0.2, 0.25) is 0 Å². The van der Waals surface area contributed by atoms with Crippen LogP contribution in [0.1, 0.15) is 21.6 Å². The van der Waals surface area contributed by atoms with E-state index in [9.17, 15) is 14.0 Å². The van der Waals surface area contributed by atoms with Crippen LogP contribution in [0.25, 0.3) is 0 Å². The Morgan fingerprint density at radius 3 is 2.74 bits per heavy atom. The fourth-order valence-electron chi connectivity index (χ4n) is 1.66. The molecular weight excluding hydrogens is 251 g/mol. The van der Waals surface area contributed by atoms with Gasteiger partial charge in [-0.2, -0.15) is 4.98 Å². The van der Waals surface area contributed by atoms with Crippen LogP contribution >= 0.6 is 0 Å². The van der Waals surface area contributed by atoms with E-state index in [1.54, 1.807) is 19.2 Å². The van der Waals surface area contributed by atoms with Gasteiger partial charge in [-0.25, -0.2) is 14.0 Å². The summed E-state index contributed by atoms with van der Waals surface area (Å²) >= 11 is 0. The van der Waals surface area contributed by atoms with E-state index >= 15 is 0 Å². The lowest BCUT2D eigenvalue weighted by molar-refractivity contribution is 0.0692. The van der Waals surface area contributed by atoms with E-state index in [4.69, 9.17) is 5.11 Å². The zero-order valence-corrected chi connectivity index (χ0v) is 10.1. The first-order valence-electron chi connectivity index (χ1n) is 5.53. The fourth-order valence-corrected chi connectivity index (χ4v) is 1.66. The molecule has 2 aromatic rings. The van der Waals surface area contributed by atoms with Crippen molar-refractivity contribution in [3.05, 3.63) is 63.6 Å². The minimum absolute atomic E-state index is 0.142. The second kappa shape index (κ2) is 5.01. The second-order valence-electron chi connectivity index (χ2n) is 4.10. The third-order valence-electron chi connectivity index (χ3n) is 2.63. The molecule has 0 unspecified atom stereocenters.